The van der Waals surface area contributed by atoms with Crippen molar-refractivity contribution in [3.63, 3.8) is 0 Å². The Morgan fingerprint density at radius 1 is 1.08 bits per heavy atom. The summed E-state index contributed by atoms with van der Waals surface area (Å²) in [6.07, 6.45) is 0. The molecule has 0 unspecified atom stereocenters. The zero-order chi connectivity index (χ0) is 18.9. The predicted octanol–water partition coefficient (Wildman–Crippen LogP) is 1.15. The number of carbonyl (C=O) groups is 2. The number of halogens is 1. The van der Waals surface area contributed by atoms with Crippen LogP contribution in [0.5, 0.6) is 0 Å². The van der Waals surface area contributed by atoms with Crippen molar-refractivity contribution in [1.29, 1.82) is 0 Å². The molecule has 0 saturated carbocycles. The third-order valence-electron chi connectivity index (χ3n) is 2.98. The third-order valence-corrected chi connectivity index (χ3v) is 3.31. The molecule has 0 radical (unpaired) electrons. The summed E-state index contributed by atoms with van der Waals surface area (Å²) in [6, 6.07) is 6.86. The van der Waals surface area contributed by atoms with Crippen molar-refractivity contribution in [3.05, 3.63) is 34.9 Å². The molecule has 0 aromatic heterocycles. The van der Waals surface area contributed by atoms with Gasteiger partial charge in [0.05, 0.1) is 17.1 Å². The minimum atomic E-state index is -0.279. The number of benzene rings is 1. The molecule has 0 spiro atoms. The zero-order valence-corrected chi connectivity index (χ0v) is 15.8. The van der Waals surface area contributed by atoms with E-state index in [0.717, 1.165) is 0 Å². The van der Waals surface area contributed by atoms with Crippen LogP contribution in [0.3, 0.4) is 0 Å². The van der Waals surface area contributed by atoms with E-state index in [1.165, 1.54) is 0 Å². The zero-order valence-electron chi connectivity index (χ0n) is 15.1. The number of guanidine groups is 1. The van der Waals surface area contributed by atoms with Crippen molar-refractivity contribution < 1.29 is 9.59 Å². The Morgan fingerprint density at radius 3 is 2.32 bits per heavy atom. The van der Waals surface area contributed by atoms with Crippen LogP contribution in [0.15, 0.2) is 29.3 Å². The second-order valence-corrected chi connectivity index (χ2v) is 6.79. The highest BCUT2D eigenvalue weighted by molar-refractivity contribution is 6.33. The molecule has 138 valence electrons. The van der Waals surface area contributed by atoms with Gasteiger partial charge < -0.3 is 21.3 Å². The first-order chi connectivity index (χ1) is 11.7. The van der Waals surface area contributed by atoms with Gasteiger partial charge in [-0.3, -0.25) is 14.6 Å². The molecule has 0 aliphatic rings. The second-order valence-electron chi connectivity index (χ2n) is 6.39. The van der Waals surface area contributed by atoms with E-state index in [4.69, 9.17) is 11.6 Å². The monoisotopic (exact) mass is 367 g/mol. The molecule has 1 aromatic rings. The van der Waals surface area contributed by atoms with Crippen molar-refractivity contribution in [2.45, 2.75) is 26.3 Å². The van der Waals surface area contributed by atoms with Crippen LogP contribution >= 0.6 is 11.6 Å². The number of carbonyl (C=O) groups excluding carboxylic acids is 2. The minimum absolute atomic E-state index is 0.114. The molecule has 4 N–H and O–H groups in total. The highest BCUT2D eigenvalue weighted by Gasteiger charge is 2.13. The van der Waals surface area contributed by atoms with Gasteiger partial charge in [-0.2, -0.15) is 0 Å². The molecule has 2 amide bonds. The maximum Gasteiger partial charge on any atom is 0.252 e. The van der Waals surface area contributed by atoms with E-state index >= 15 is 0 Å². The lowest BCUT2D eigenvalue weighted by Crippen LogP contribution is -2.48. The van der Waals surface area contributed by atoms with Crippen molar-refractivity contribution in [2.24, 2.45) is 4.99 Å². The molecule has 0 aliphatic carbocycles. The molecular weight excluding hydrogens is 342 g/mol. The summed E-state index contributed by atoms with van der Waals surface area (Å²) < 4.78 is 0. The van der Waals surface area contributed by atoms with Gasteiger partial charge in [0, 0.05) is 25.7 Å². The topological polar surface area (TPSA) is 94.6 Å². The van der Waals surface area contributed by atoms with Crippen molar-refractivity contribution >= 4 is 29.4 Å². The highest BCUT2D eigenvalue weighted by Crippen LogP contribution is 2.14. The third kappa shape index (κ3) is 8.39. The minimum Gasteiger partial charge on any atom is -0.355 e. The SMILES string of the molecule is CN=C(NCCNC(=O)c1ccccc1Cl)NCC(=O)NC(C)(C)C. The molecule has 0 aliphatic heterocycles. The lowest BCUT2D eigenvalue weighted by molar-refractivity contribution is -0.121. The van der Waals surface area contributed by atoms with Crippen LogP contribution in [-0.4, -0.2) is 50.0 Å². The van der Waals surface area contributed by atoms with Gasteiger partial charge in [-0.1, -0.05) is 23.7 Å². The molecule has 0 bridgehead atoms. The Bertz CT molecular complexity index is 626. The summed E-state index contributed by atoms with van der Waals surface area (Å²) in [5.74, 6) is 0.124. The fourth-order valence-electron chi connectivity index (χ4n) is 1.94. The lowest BCUT2D eigenvalue weighted by Gasteiger charge is -2.21. The molecule has 8 heteroatoms. The maximum absolute atomic E-state index is 12.0. The summed E-state index contributed by atoms with van der Waals surface area (Å²) in [5.41, 5.74) is 0.157. The second kappa shape index (κ2) is 9.88. The van der Waals surface area contributed by atoms with Crippen molar-refractivity contribution in [1.82, 2.24) is 21.3 Å². The molecule has 0 saturated heterocycles. The van der Waals surface area contributed by atoms with Crippen LogP contribution < -0.4 is 21.3 Å². The largest absolute Gasteiger partial charge is 0.355 e. The van der Waals surface area contributed by atoms with Gasteiger partial charge in [-0.25, -0.2) is 0 Å². The van der Waals surface area contributed by atoms with Gasteiger partial charge in [-0.15, -0.1) is 0 Å². The first-order valence-electron chi connectivity index (χ1n) is 8.01. The predicted molar refractivity (Wildman–Crippen MR) is 101 cm³/mol. The summed E-state index contributed by atoms with van der Waals surface area (Å²) in [6.45, 7) is 6.71. The summed E-state index contributed by atoms with van der Waals surface area (Å²) in [4.78, 5) is 27.8. The Morgan fingerprint density at radius 2 is 1.72 bits per heavy atom. The number of nitrogens with zero attached hydrogens (tertiary/aromatic N) is 1. The van der Waals surface area contributed by atoms with Crippen LogP contribution in [0.4, 0.5) is 0 Å². The van der Waals surface area contributed by atoms with Crippen LogP contribution in [0.25, 0.3) is 0 Å². The summed E-state index contributed by atoms with van der Waals surface area (Å²) in [5, 5.41) is 12.0. The molecule has 0 heterocycles. The van der Waals surface area contributed by atoms with Crippen LogP contribution in [-0.2, 0) is 4.79 Å². The van der Waals surface area contributed by atoms with E-state index < -0.39 is 0 Å². The Hall–Kier alpha value is -2.28. The Labute approximate surface area is 153 Å². The smallest absolute Gasteiger partial charge is 0.252 e. The van der Waals surface area contributed by atoms with Crippen molar-refractivity contribution in [3.8, 4) is 0 Å². The van der Waals surface area contributed by atoms with E-state index in [2.05, 4.69) is 26.3 Å². The van der Waals surface area contributed by atoms with E-state index in [1.807, 2.05) is 20.8 Å². The summed E-state index contributed by atoms with van der Waals surface area (Å²) >= 11 is 5.98. The molecule has 25 heavy (non-hydrogen) atoms. The van der Waals surface area contributed by atoms with Crippen LogP contribution in [0.2, 0.25) is 5.02 Å². The Balaban J connectivity index is 2.31. The van der Waals surface area contributed by atoms with Gasteiger partial charge in [0.2, 0.25) is 5.91 Å². The standard InChI is InChI=1S/C17H26ClN5O2/c1-17(2,3)23-14(24)11-22-16(19-4)21-10-9-20-15(25)12-7-5-6-8-13(12)18/h5-8H,9-11H2,1-4H3,(H,20,25)(H,23,24)(H2,19,21,22). The van der Waals surface area contributed by atoms with Gasteiger partial charge in [-0.05, 0) is 32.9 Å². The maximum atomic E-state index is 12.0. The van der Waals surface area contributed by atoms with Gasteiger partial charge in [0.15, 0.2) is 5.96 Å². The number of hydrogen-bond acceptors (Lipinski definition) is 3. The Kier molecular flexibility index (Phi) is 8.21. The van der Waals surface area contributed by atoms with E-state index in [0.29, 0.717) is 29.6 Å². The molecule has 1 rings (SSSR count). The van der Waals surface area contributed by atoms with Crippen LogP contribution in [0.1, 0.15) is 31.1 Å². The van der Waals surface area contributed by atoms with E-state index in [9.17, 15) is 9.59 Å². The first-order valence-corrected chi connectivity index (χ1v) is 8.39. The molecular formula is C17H26ClN5O2. The van der Waals surface area contributed by atoms with E-state index in [-0.39, 0.29) is 23.9 Å². The van der Waals surface area contributed by atoms with E-state index in [1.54, 1.807) is 31.3 Å². The normalized spacial score (nSPS) is 11.6. The number of aliphatic imine (C=N–C) groups is 1. The average molecular weight is 368 g/mol. The quantitative estimate of drug-likeness (QED) is 0.344. The van der Waals surface area contributed by atoms with Crippen LogP contribution in [0, 0.1) is 0 Å². The summed E-state index contributed by atoms with van der Waals surface area (Å²) in [7, 11) is 1.61. The molecule has 7 nitrogen and oxygen atoms in total. The van der Waals surface area contributed by atoms with Gasteiger partial charge in [0.1, 0.15) is 0 Å². The number of nitrogens with one attached hydrogen (secondary N) is 4. The number of amides is 2. The fraction of sp³-hybridized carbons (Fsp3) is 0.471. The van der Waals surface area contributed by atoms with Crippen molar-refractivity contribution in [2.75, 3.05) is 26.7 Å². The highest BCUT2D eigenvalue weighted by atomic mass is 35.5. The lowest BCUT2D eigenvalue weighted by atomic mass is 10.1. The van der Waals surface area contributed by atoms with Gasteiger partial charge >= 0.3 is 0 Å². The molecule has 0 fully saturated rings. The first kappa shape index (κ1) is 20.8. The average Bonchev–Trinajstić information content (AvgIpc) is 2.52. The molecule has 0 atom stereocenters. The number of rotatable bonds is 6. The molecule has 1 aromatic carbocycles. The fourth-order valence-corrected chi connectivity index (χ4v) is 2.17. The number of hydrogen-bond donors (Lipinski definition) is 4. The van der Waals surface area contributed by atoms with Gasteiger partial charge in [0.25, 0.3) is 5.91 Å².